The summed E-state index contributed by atoms with van der Waals surface area (Å²) in [5.41, 5.74) is 1.15. The zero-order chi connectivity index (χ0) is 14.0. The van der Waals surface area contributed by atoms with E-state index in [4.69, 9.17) is 11.6 Å². The summed E-state index contributed by atoms with van der Waals surface area (Å²) in [6, 6.07) is 0. The zero-order valence-corrected chi connectivity index (χ0v) is 12.9. The van der Waals surface area contributed by atoms with Crippen LogP contribution in [0.4, 0.5) is 0 Å². The van der Waals surface area contributed by atoms with E-state index in [-0.39, 0.29) is 16.4 Å². The Kier molecular flexibility index (Phi) is 4.77. The Morgan fingerprint density at radius 2 is 2.11 bits per heavy atom. The van der Waals surface area contributed by atoms with E-state index in [1.807, 2.05) is 20.8 Å². The van der Waals surface area contributed by atoms with Crippen molar-refractivity contribution in [2.45, 2.75) is 53.9 Å². The number of halogens is 1. The van der Waals surface area contributed by atoms with Gasteiger partial charge in [-0.25, -0.2) is 0 Å². The summed E-state index contributed by atoms with van der Waals surface area (Å²) >= 11 is 6.01. The van der Waals surface area contributed by atoms with E-state index in [2.05, 4.69) is 24.9 Å². The second kappa shape index (κ2) is 5.56. The molecule has 1 atom stereocenters. The number of ketones is 1. The summed E-state index contributed by atoms with van der Waals surface area (Å²) in [7, 11) is 0. The van der Waals surface area contributed by atoms with Gasteiger partial charge in [-0.05, 0) is 31.6 Å². The van der Waals surface area contributed by atoms with Crippen molar-refractivity contribution < 1.29 is 4.79 Å². The number of carbonyl (C=O) groups excluding carboxylic acids is 1. The lowest BCUT2D eigenvalue weighted by Gasteiger charge is -2.30. The smallest absolute Gasteiger partial charge is 0.197 e. The van der Waals surface area contributed by atoms with Crippen molar-refractivity contribution >= 4 is 22.6 Å². The maximum Gasteiger partial charge on any atom is 0.197 e. The first-order valence-electron chi connectivity index (χ1n) is 6.54. The lowest BCUT2D eigenvalue weighted by atomic mass is 9.77. The molecule has 2 nitrogen and oxygen atoms in total. The SMILES string of the molecule is CC1=CCC(C)(CN=C(Cl)C(=O)C(C)(C)C)CC1. The highest BCUT2D eigenvalue weighted by Gasteiger charge is 2.28. The molecule has 0 aliphatic heterocycles. The number of rotatable bonds is 3. The van der Waals surface area contributed by atoms with Crippen LogP contribution in [0.2, 0.25) is 0 Å². The molecule has 102 valence electrons. The van der Waals surface area contributed by atoms with Crippen molar-refractivity contribution in [3.63, 3.8) is 0 Å². The summed E-state index contributed by atoms with van der Waals surface area (Å²) in [6.07, 6.45) is 5.54. The van der Waals surface area contributed by atoms with Gasteiger partial charge in [-0.3, -0.25) is 9.79 Å². The minimum Gasteiger partial charge on any atom is -0.291 e. The number of hydrogen-bond acceptors (Lipinski definition) is 2. The van der Waals surface area contributed by atoms with Crippen molar-refractivity contribution in [1.82, 2.24) is 0 Å². The van der Waals surface area contributed by atoms with Crippen LogP contribution in [0.5, 0.6) is 0 Å². The molecule has 1 aliphatic rings. The van der Waals surface area contributed by atoms with E-state index in [1.54, 1.807) is 0 Å². The molecule has 0 radical (unpaired) electrons. The van der Waals surface area contributed by atoms with Gasteiger partial charge >= 0.3 is 0 Å². The van der Waals surface area contributed by atoms with Crippen LogP contribution < -0.4 is 0 Å². The van der Waals surface area contributed by atoms with Crippen molar-refractivity contribution in [3.8, 4) is 0 Å². The zero-order valence-electron chi connectivity index (χ0n) is 12.1. The lowest BCUT2D eigenvalue weighted by Crippen LogP contribution is -2.28. The molecular formula is C15H24ClNO. The summed E-state index contributed by atoms with van der Waals surface area (Å²) in [4.78, 5) is 16.2. The molecule has 0 aromatic rings. The summed E-state index contributed by atoms with van der Waals surface area (Å²) < 4.78 is 0. The molecule has 0 fully saturated rings. The molecule has 1 rings (SSSR count). The molecule has 1 unspecified atom stereocenters. The molecule has 0 saturated carbocycles. The Labute approximate surface area is 116 Å². The van der Waals surface area contributed by atoms with Gasteiger partial charge in [0.2, 0.25) is 0 Å². The first kappa shape index (κ1) is 15.4. The van der Waals surface area contributed by atoms with Gasteiger partial charge in [0, 0.05) is 12.0 Å². The highest BCUT2D eigenvalue weighted by molar-refractivity contribution is 6.83. The average Bonchev–Trinajstić information content (AvgIpc) is 2.28. The van der Waals surface area contributed by atoms with Gasteiger partial charge in [0.1, 0.15) is 0 Å². The van der Waals surface area contributed by atoms with E-state index in [9.17, 15) is 4.79 Å². The van der Waals surface area contributed by atoms with Crippen LogP contribution >= 0.6 is 11.6 Å². The topological polar surface area (TPSA) is 29.4 Å². The third kappa shape index (κ3) is 4.24. The number of Topliss-reactive ketones (excluding diaryl/α,β-unsaturated/α-hetero) is 1. The van der Waals surface area contributed by atoms with Gasteiger partial charge in [0.25, 0.3) is 0 Å². The normalized spacial score (nSPS) is 25.9. The van der Waals surface area contributed by atoms with E-state index >= 15 is 0 Å². The van der Waals surface area contributed by atoms with Crippen LogP contribution in [-0.2, 0) is 4.79 Å². The Hall–Kier alpha value is -0.630. The molecule has 0 saturated heterocycles. The van der Waals surface area contributed by atoms with Crippen LogP contribution in [0.15, 0.2) is 16.6 Å². The maximum absolute atomic E-state index is 11.9. The van der Waals surface area contributed by atoms with Gasteiger partial charge in [-0.1, -0.05) is 50.9 Å². The van der Waals surface area contributed by atoms with Crippen molar-refractivity contribution in [2.24, 2.45) is 15.8 Å². The minimum atomic E-state index is -0.454. The second-order valence-corrected chi connectivity index (χ2v) is 7.11. The van der Waals surface area contributed by atoms with Crippen LogP contribution in [-0.4, -0.2) is 17.5 Å². The fourth-order valence-corrected chi connectivity index (χ4v) is 2.25. The third-order valence-corrected chi connectivity index (χ3v) is 3.83. The van der Waals surface area contributed by atoms with Crippen molar-refractivity contribution in [3.05, 3.63) is 11.6 Å². The van der Waals surface area contributed by atoms with E-state index in [0.29, 0.717) is 6.54 Å². The first-order valence-corrected chi connectivity index (χ1v) is 6.92. The van der Waals surface area contributed by atoms with Crippen molar-refractivity contribution in [1.29, 1.82) is 0 Å². The molecule has 0 N–H and O–H groups in total. The second-order valence-electron chi connectivity index (χ2n) is 6.75. The highest BCUT2D eigenvalue weighted by atomic mass is 35.5. The Bertz CT molecular complexity index is 390. The van der Waals surface area contributed by atoms with Crippen LogP contribution in [0.1, 0.15) is 53.9 Å². The standard InChI is InChI=1S/C15H24ClNO/c1-11-6-8-15(5,9-7-11)10-17-13(16)12(18)14(2,3)4/h6H,7-10H2,1-5H3. The Balaban J connectivity index is 2.67. The molecule has 0 aromatic heterocycles. The summed E-state index contributed by atoms with van der Waals surface area (Å²) in [6.45, 7) is 10.6. The van der Waals surface area contributed by atoms with Gasteiger partial charge in [-0.2, -0.15) is 0 Å². The van der Waals surface area contributed by atoms with Crippen molar-refractivity contribution in [2.75, 3.05) is 6.54 Å². The summed E-state index contributed by atoms with van der Waals surface area (Å²) in [5.74, 6) is -0.0738. The molecule has 0 bridgehead atoms. The van der Waals surface area contributed by atoms with Gasteiger partial charge < -0.3 is 0 Å². The quantitative estimate of drug-likeness (QED) is 0.552. The van der Waals surface area contributed by atoms with Gasteiger partial charge in [0.05, 0.1) is 0 Å². The highest BCUT2D eigenvalue weighted by Crippen LogP contribution is 2.35. The van der Waals surface area contributed by atoms with Gasteiger partial charge in [-0.15, -0.1) is 0 Å². The van der Waals surface area contributed by atoms with Crippen LogP contribution in [0, 0.1) is 10.8 Å². The molecule has 0 aromatic carbocycles. The molecule has 3 heteroatoms. The first-order chi connectivity index (χ1) is 8.14. The van der Waals surface area contributed by atoms with E-state index < -0.39 is 5.41 Å². The largest absolute Gasteiger partial charge is 0.291 e. The van der Waals surface area contributed by atoms with E-state index in [0.717, 1.165) is 19.3 Å². The molecule has 0 spiro atoms. The molecule has 18 heavy (non-hydrogen) atoms. The van der Waals surface area contributed by atoms with Crippen LogP contribution in [0.3, 0.4) is 0 Å². The Morgan fingerprint density at radius 1 is 1.50 bits per heavy atom. The fourth-order valence-electron chi connectivity index (χ4n) is 1.91. The molecule has 0 amide bonds. The maximum atomic E-state index is 11.9. The average molecular weight is 270 g/mol. The number of allylic oxidation sites excluding steroid dienone is 2. The molecule has 1 aliphatic carbocycles. The number of hydrogen-bond donors (Lipinski definition) is 0. The van der Waals surface area contributed by atoms with E-state index in [1.165, 1.54) is 5.57 Å². The molecular weight excluding hydrogens is 246 g/mol. The predicted molar refractivity (Wildman–Crippen MR) is 78.3 cm³/mol. The minimum absolute atomic E-state index is 0.0738. The fraction of sp³-hybridized carbons (Fsp3) is 0.733. The lowest BCUT2D eigenvalue weighted by molar-refractivity contribution is -0.119. The molecule has 0 heterocycles. The number of aliphatic imine (C=N–C) groups is 1. The Morgan fingerprint density at radius 3 is 2.56 bits per heavy atom. The number of carbonyl (C=O) groups is 1. The number of nitrogens with zero attached hydrogens (tertiary/aromatic N) is 1. The third-order valence-electron chi connectivity index (χ3n) is 3.53. The summed E-state index contributed by atoms with van der Waals surface area (Å²) in [5, 5.41) is 0.148. The van der Waals surface area contributed by atoms with Crippen LogP contribution in [0.25, 0.3) is 0 Å². The predicted octanol–water partition coefficient (Wildman–Crippen LogP) is 4.38. The van der Waals surface area contributed by atoms with Gasteiger partial charge in [0.15, 0.2) is 11.0 Å². The monoisotopic (exact) mass is 269 g/mol.